The number of carbonyl (C=O) groups is 2. The van der Waals surface area contributed by atoms with Gasteiger partial charge in [-0.05, 0) is 78.6 Å². The Morgan fingerprint density at radius 1 is 1.02 bits per heavy atom. The lowest BCUT2D eigenvalue weighted by Crippen LogP contribution is -2.33. The van der Waals surface area contributed by atoms with Crippen molar-refractivity contribution in [1.29, 1.82) is 0 Å². The van der Waals surface area contributed by atoms with Crippen LogP contribution in [0.25, 0.3) is 22.3 Å². The molecular formula is C35H30F6N4O6S. The van der Waals surface area contributed by atoms with Gasteiger partial charge in [0.1, 0.15) is 17.6 Å². The number of halogens is 6. The molecule has 3 heterocycles. The Kier molecular flexibility index (Phi) is 9.78. The van der Waals surface area contributed by atoms with Gasteiger partial charge in [0.25, 0.3) is 5.95 Å². The molecule has 0 spiro atoms. The number of aromatic carboxylic acids is 1. The number of benzene rings is 3. The van der Waals surface area contributed by atoms with Crippen LogP contribution in [-0.2, 0) is 35.0 Å². The zero-order valence-electron chi connectivity index (χ0n) is 27.7. The summed E-state index contributed by atoms with van der Waals surface area (Å²) in [6.07, 6.45) is -10.6. The highest BCUT2D eigenvalue weighted by Crippen LogP contribution is 2.43. The molecular weight excluding hydrogens is 718 g/mol. The number of methoxy groups -OCH3 is 1. The highest BCUT2D eigenvalue weighted by molar-refractivity contribution is 7.93. The average Bonchev–Trinajstić information content (AvgIpc) is 3.64. The SMILES string of the molecule is COc1ccc(-c2ccc(C(=O)O)cc2C)cc1-c1cnc(N2CCC[S+]2[O-])nc1CN1C(=O)OC(c2cc(C(F)(F)F)cc(C(F)(F)F)c2)C1C. The van der Waals surface area contributed by atoms with Crippen LogP contribution < -0.4 is 9.04 Å². The zero-order valence-corrected chi connectivity index (χ0v) is 28.5. The van der Waals surface area contributed by atoms with Crippen molar-refractivity contribution in [2.24, 2.45) is 0 Å². The summed E-state index contributed by atoms with van der Waals surface area (Å²) in [6, 6.07) is 9.86. The fourth-order valence-corrected chi connectivity index (χ4v) is 7.48. The van der Waals surface area contributed by atoms with Crippen LogP contribution in [0.15, 0.2) is 60.8 Å². The molecule has 274 valence electrons. The Hall–Kier alpha value is -5.03. The van der Waals surface area contributed by atoms with Crippen molar-refractivity contribution in [3.8, 4) is 28.0 Å². The predicted octanol–water partition coefficient (Wildman–Crippen LogP) is 7.82. The largest absolute Gasteiger partial charge is 0.593 e. The van der Waals surface area contributed by atoms with Crippen molar-refractivity contribution in [2.45, 2.75) is 51.3 Å². The second-order valence-electron chi connectivity index (χ2n) is 12.3. The quantitative estimate of drug-likeness (QED) is 0.142. The Balaban J connectivity index is 1.43. The lowest BCUT2D eigenvalue weighted by Gasteiger charge is -2.24. The zero-order chi connectivity index (χ0) is 37.7. The van der Waals surface area contributed by atoms with Gasteiger partial charge in [-0.25, -0.2) is 19.6 Å². The summed E-state index contributed by atoms with van der Waals surface area (Å²) in [6.45, 7) is 3.25. The normalized spacial score (nSPS) is 19.3. The predicted molar refractivity (Wildman–Crippen MR) is 177 cm³/mol. The Bertz CT molecular complexity index is 2010. The molecule has 1 amide bonds. The van der Waals surface area contributed by atoms with E-state index in [4.69, 9.17) is 9.47 Å². The number of amides is 1. The third-order valence-electron chi connectivity index (χ3n) is 8.93. The number of rotatable bonds is 8. The minimum Gasteiger partial charge on any atom is -0.593 e. The van der Waals surface area contributed by atoms with Crippen LogP contribution in [0.4, 0.5) is 37.1 Å². The molecule has 0 bridgehead atoms. The number of carboxylic acids is 1. The summed E-state index contributed by atoms with van der Waals surface area (Å²) in [4.78, 5) is 35.2. The maximum absolute atomic E-state index is 13.7. The molecule has 3 unspecified atom stereocenters. The van der Waals surface area contributed by atoms with Gasteiger partial charge >= 0.3 is 24.4 Å². The molecule has 3 aromatic carbocycles. The van der Waals surface area contributed by atoms with E-state index in [-0.39, 0.29) is 29.8 Å². The average molecular weight is 749 g/mol. The third-order valence-corrected chi connectivity index (χ3v) is 10.4. The van der Waals surface area contributed by atoms with Crippen molar-refractivity contribution >= 4 is 29.4 Å². The van der Waals surface area contributed by atoms with Crippen molar-refractivity contribution < 1.29 is 55.1 Å². The molecule has 1 N–H and O–H groups in total. The van der Waals surface area contributed by atoms with Gasteiger partial charge in [-0.15, -0.1) is 0 Å². The molecule has 2 aliphatic rings. The van der Waals surface area contributed by atoms with E-state index in [1.807, 2.05) is 0 Å². The van der Waals surface area contributed by atoms with E-state index in [0.29, 0.717) is 64.4 Å². The summed E-state index contributed by atoms with van der Waals surface area (Å²) in [5.41, 5.74) is -0.413. The van der Waals surface area contributed by atoms with Crippen LogP contribution in [0.5, 0.6) is 5.75 Å². The number of carboxylic acid groups (broad SMARTS) is 1. The van der Waals surface area contributed by atoms with E-state index >= 15 is 0 Å². The van der Waals surface area contributed by atoms with Crippen LogP contribution in [0.2, 0.25) is 0 Å². The topological polar surface area (TPSA) is 128 Å². The van der Waals surface area contributed by atoms with Gasteiger partial charge in [-0.2, -0.15) is 30.6 Å². The molecule has 10 nitrogen and oxygen atoms in total. The summed E-state index contributed by atoms with van der Waals surface area (Å²) < 4.78 is 107. The Labute approximate surface area is 296 Å². The second kappa shape index (κ2) is 13.8. The van der Waals surface area contributed by atoms with Crippen molar-refractivity contribution in [3.05, 3.63) is 94.3 Å². The van der Waals surface area contributed by atoms with Crippen molar-refractivity contribution in [1.82, 2.24) is 14.9 Å². The number of aromatic nitrogens is 2. The van der Waals surface area contributed by atoms with E-state index in [9.17, 15) is 45.6 Å². The lowest BCUT2D eigenvalue weighted by molar-refractivity contribution is -0.143. The van der Waals surface area contributed by atoms with E-state index in [2.05, 4.69) is 9.97 Å². The Morgan fingerprint density at radius 3 is 2.29 bits per heavy atom. The fraction of sp³-hybridized carbons (Fsp3) is 0.314. The van der Waals surface area contributed by atoms with Crippen molar-refractivity contribution in [3.63, 3.8) is 0 Å². The first-order valence-corrected chi connectivity index (χ1v) is 17.0. The standard InChI is InChI=1S/C35H30F6N4O6S/c1-18-11-21(31(46)47)5-7-25(18)20-6-8-29(50-3)26(14-20)27-16-42-32(45-9-4-10-52(45)49)43-28(27)17-44-19(2)30(51-33(44)48)22-12-23(34(36,37)38)15-24(13-22)35(39,40)41/h5-8,11-16,19,30H,4,9-10,17H2,1-3H3,(H,46,47). The maximum atomic E-state index is 13.7. The number of cyclic esters (lactones) is 1. The molecule has 4 aromatic rings. The molecule has 2 fully saturated rings. The van der Waals surface area contributed by atoms with E-state index < -0.39 is 64.6 Å². The molecule has 6 rings (SSSR count). The summed E-state index contributed by atoms with van der Waals surface area (Å²) in [5.74, 6) is -0.250. The number of aryl methyl sites for hydroxylation is 1. The number of hydrogen-bond acceptors (Lipinski definition) is 8. The number of ether oxygens (including phenoxy) is 2. The first-order valence-electron chi connectivity index (χ1n) is 15.8. The molecule has 1 aromatic heterocycles. The third kappa shape index (κ3) is 7.19. The van der Waals surface area contributed by atoms with E-state index in [0.717, 1.165) is 4.90 Å². The summed E-state index contributed by atoms with van der Waals surface area (Å²) >= 11 is -1.43. The lowest BCUT2D eigenvalue weighted by atomic mass is 9.94. The molecule has 0 saturated carbocycles. The summed E-state index contributed by atoms with van der Waals surface area (Å²) in [7, 11) is 1.43. The number of hydrogen-bond donors (Lipinski definition) is 1. The smallest absolute Gasteiger partial charge is 0.416 e. The number of alkyl halides is 6. The van der Waals surface area contributed by atoms with Gasteiger partial charge in [0.2, 0.25) is 0 Å². The fourth-order valence-electron chi connectivity index (χ4n) is 6.28. The van der Waals surface area contributed by atoms with Gasteiger partial charge in [0.05, 0.1) is 60.0 Å². The van der Waals surface area contributed by atoms with Crippen LogP contribution in [0, 0.1) is 6.92 Å². The second-order valence-corrected chi connectivity index (χ2v) is 13.8. The molecule has 17 heteroatoms. The van der Waals surface area contributed by atoms with Gasteiger partial charge in [0, 0.05) is 23.7 Å². The van der Waals surface area contributed by atoms with E-state index in [1.54, 1.807) is 31.2 Å². The van der Waals surface area contributed by atoms with Crippen LogP contribution >= 0.6 is 0 Å². The van der Waals surface area contributed by atoms with Gasteiger partial charge in [-0.1, -0.05) is 12.1 Å². The number of carbonyl (C=O) groups excluding carboxylic acids is 1. The van der Waals surface area contributed by atoms with E-state index in [1.165, 1.54) is 36.7 Å². The highest BCUT2D eigenvalue weighted by Gasteiger charge is 2.44. The molecule has 2 aliphatic heterocycles. The van der Waals surface area contributed by atoms with Gasteiger partial charge in [0.15, 0.2) is 0 Å². The van der Waals surface area contributed by atoms with Crippen molar-refractivity contribution in [2.75, 3.05) is 23.7 Å². The monoisotopic (exact) mass is 748 g/mol. The molecule has 52 heavy (non-hydrogen) atoms. The minimum absolute atomic E-state index is 0.00319. The first-order chi connectivity index (χ1) is 24.5. The molecule has 3 atom stereocenters. The first kappa shape index (κ1) is 36.8. The van der Waals surface area contributed by atoms with Crippen LogP contribution in [-0.4, -0.2) is 62.0 Å². The maximum Gasteiger partial charge on any atom is 0.416 e. The van der Waals surface area contributed by atoms with Gasteiger partial charge in [-0.3, -0.25) is 4.90 Å². The number of anilines is 1. The number of nitrogens with zero attached hydrogens (tertiary/aromatic N) is 4. The van der Waals surface area contributed by atoms with Gasteiger partial charge < -0.3 is 19.1 Å². The highest BCUT2D eigenvalue weighted by atomic mass is 32.2. The molecule has 0 radical (unpaired) electrons. The molecule has 0 aliphatic carbocycles. The Morgan fingerprint density at radius 2 is 1.71 bits per heavy atom. The minimum atomic E-state index is -5.10. The summed E-state index contributed by atoms with van der Waals surface area (Å²) in [5, 5.41) is 9.42. The molecule has 2 saturated heterocycles. The van der Waals surface area contributed by atoms with Crippen LogP contribution in [0.3, 0.4) is 0 Å². The van der Waals surface area contributed by atoms with Crippen LogP contribution in [0.1, 0.15) is 57.8 Å².